The van der Waals surface area contributed by atoms with Gasteiger partial charge in [0.2, 0.25) is 5.91 Å². The molecule has 3 rings (SSSR count). The predicted molar refractivity (Wildman–Crippen MR) is 185 cm³/mol. The van der Waals surface area contributed by atoms with Gasteiger partial charge in [-0.05, 0) is 6.42 Å². The molecule has 0 radical (unpaired) electrons. The molecule has 12 N–H and O–H groups in total. The van der Waals surface area contributed by atoms with Crippen LogP contribution in [0.4, 0.5) is 0 Å². The second-order valence-electron chi connectivity index (χ2n) is 14.4. The Kier molecular flexibility index (Phi) is 20.9. The lowest BCUT2D eigenvalue weighted by molar-refractivity contribution is -0.379. The number of carbonyl (C=O) groups excluding carboxylic acids is 1. The Balaban J connectivity index is 1.58. The third-order valence-corrected chi connectivity index (χ3v) is 10.2. The highest BCUT2D eigenvalue weighted by molar-refractivity contribution is 5.75. The van der Waals surface area contributed by atoms with Gasteiger partial charge in [-0.25, -0.2) is 0 Å². The van der Waals surface area contributed by atoms with E-state index in [9.17, 15) is 61.0 Å². The minimum absolute atomic E-state index is 0.148. The number of hydrogen-bond acceptors (Lipinski definition) is 18. The van der Waals surface area contributed by atoms with Crippen LogP contribution in [0.3, 0.4) is 0 Å². The molecule has 3 fully saturated rings. The van der Waals surface area contributed by atoms with Crippen LogP contribution in [-0.2, 0) is 33.2 Å². The van der Waals surface area contributed by atoms with E-state index in [4.69, 9.17) is 28.4 Å². The Bertz CT molecular complexity index is 1040. The predicted octanol–water partition coefficient (Wildman–Crippen LogP) is -3.37. The lowest BCUT2D eigenvalue weighted by Gasteiger charge is -2.48. The van der Waals surface area contributed by atoms with Crippen LogP contribution in [0.25, 0.3) is 0 Å². The molecule has 0 aromatic heterocycles. The number of hydrogen-bond donors (Lipinski definition) is 12. The zero-order valence-corrected chi connectivity index (χ0v) is 31.2. The Morgan fingerprint density at radius 3 is 1.54 bits per heavy atom. The molecule has 0 aromatic rings. The van der Waals surface area contributed by atoms with Crippen LogP contribution < -0.4 is 5.32 Å². The van der Waals surface area contributed by atoms with E-state index in [-0.39, 0.29) is 18.9 Å². The molecule has 0 saturated carbocycles. The molecule has 3 aliphatic heterocycles. The van der Waals surface area contributed by atoms with Gasteiger partial charge in [-0.15, -0.1) is 0 Å². The van der Waals surface area contributed by atoms with Gasteiger partial charge in [0, 0.05) is 6.42 Å². The molecule has 17 atom stereocenters. The minimum Gasteiger partial charge on any atom is -0.394 e. The van der Waals surface area contributed by atoms with Crippen molar-refractivity contribution in [2.75, 3.05) is 26.4 Å². The average molecular weight is 788 g/mol. The summed E-state index contributed by atoms with van der Waals surface area (Å²) in [6, 6.07) is -0.873. The topological polar surface area (TPSA) is 307 Å². The second-order valence-corrected chi connectivity index (χ2v) is 14.4. The smallest absolute Gasteiger partial charge is 0.220 e. The first-order valence-electron chi connectivity index (χ1n) is 19.3. The molecule has 3 heterocycles. The molecule has 0 bridgehead atoms. The summed E-state index contributed by atoms with van der Waals surface area (Å²) >= 11 is 0. The van der Waals surface area contributed by atoms with Gasteiger partial charge in [0.15, 0.2) is 18.9 Å². The molecule has 318 valence electrons. The Labute approximate surface area is 315 Å². The van der Waals surface area contributed by atoms with Gasteiger partial charge in [0.1, 0.15) is 73.2 Å². The Morgan fingerprint density at radius 1 is 0.593 bits per heavy atom. The van der Waals surface area contributed by atoms with E-state index in [1.165, 1.54) is 32.1 Å². The van der Waals surface area contributed by atoms with Gasteiger partial charge in [-0.1, -0.05) is 71.6 Å². The van der Waals surface area contributed by atoms with Gasteiger partial charge in [-0.2, -0.15) is 0 Å². The maximum atomic E-state index is 12.3. The molecule has 54 heavy (non-hydrogen) atoms. The average Bonchev–Trinajstić information content (AvgIpc) is 3.17. The maximum absolute atomic E-state index is 12.3. The summed E-state index contributed by atoms with van der Waals surface area (Å²) in [7, 11) is 0. The van der Waals surface area contributed by atoms with E-state index in [1.807, 2.05) is 0 Å². The number of amides is 1. The normalized spacial score (nSPS) is 38.6. The van der Waals surface area contributed by atoms with Gasteiger partial charge < -0.3 is 89.9 Å². The van der Waals surface area contributed by atoms with Crippen LogP contribution >= 0.6 is 0 Å². The number of rotatable bonds is 23. The minimum atomic E-state index is -1.96. The number of nitrogens with one attached hydrogen (secondary N) is 1. The number of aliphatic hydroxyl groups excluding tert-OH is 11. The van der Waals surface area contributed by atoms with Crippen molar-refractivity contribution in [3.8, 4) is 0 Å². The van der Waals surface area contributed by atoms with Gasteiger partial charge in [-0.3, -0.25) is 4.79 Å². The largest absolute Gasteiger partial charge is 0.394 e. The summed E-state index contributed by atoms with van der Waals surface area (Å²) < 4.78 is 33.6. The first kappa shape index (κ1) is 47.2. The van der Waals surface area contributed by atoms with E-state index in [1.54, 1.807) is 6.92 Å². The zero-order valence-electron chi connectivity index (χ0n) is 31.2. The van der Waals surface area contributed by atoms with Crippen molar-refractivity contribution < 1.29 is 89.4 Å². The summed E-state index contributed by atoms with van der Waals surface area (Å²) in [6.45, 7) is 1.12. The van der Waals surface area contributed by atoms with Crippen molar-refractivity contribution in [2.24, 2.45) is 0 Å². The van der Waals surface area contributed by atoms with Crippen LogP contribution in [0.1, 0.15) is 84.5 Å². The van der Waals surface area contributed by atoms with Gasteiger partial charge in [0.25, 0.3) is 0 Å². The number of carbonyl (C=O) groups is 1. The Hall–Kier alpha value is -1.21. The van der Waals surface area contributed by atoms with Crippen molar-refractivity contribution in [3.63, 3.8) is 0 Å². The SMILES string of the molecule is CCCCCCCCCCCC(O)C(COC1OC(CO)C(OC2OC(CO)C(OC3OC(CO)C(O)C(O)C3O)C(O)C2O)C(O)C1O)NC(=O)CC. The molecule has 19 heteroatoms. The summed E-state index contributed by atoms with van der Waals surface area (Å²) in [6.07, 6.45) is -16.0. The summed E-state index contributed by atoms with van der Waals surface area (Å²) in [5, 5.41) is 118. The highest BCUT2D eigenvalue weighted by Gasteiger charge is 2.53. The third-order valence-electron chi connectivity index (χ3n) is 10.2. The summed E-state index contributed by atoms with van der Waals surface area (Å²) in [4.78, 5) is 12.3. The Morgan fingerprint density at radius 2 is 1.04 bits per heavy atom. The van der Waals surface area contributed by atoms with Crippen molar-refractivity contribution in [1.29, 1.82) is 0 Å². The maximum Gasteiger partial charge on any atom is 0.220 e. The molecular formula is C35H65NO18. The highest BCUT2D eigenvalue weighted by atomic mass is 16.8. The zero-order chi connectivity index (χ0) is 39.9. The number of ether oxygens (including phenoxy) is 6. The summed E-state index contributed by atoms with van der Waals surface area (Å²) in [5.74, 6) is -0.336. The quantitative estimate of drug-likeness (QED) is 0.0450. The fourth-order valence-corrected chi connectivity index (χ4v) is 6.80. The van der Waals surface area contributed by atoms with E-state index >= 15 is 0 Å². The summed E-state index contributed by atoms with van der Waals surface area (Å²) in [5.41, 5.74) is 0. The molecule has 19 nitrogen and oxygen atoms in total. The number of aliphatic hydroxyl groups is 11. The molecule has 0 aromatic carbocycles. The van der Waals surface area contributed by atoms with Crippen LogP contribution in [0.15, 0.2) is 0 Å². The van der Waals surface area contributed by atoms with Crippen LogP contribution in [0.5, 0.6) is 0 Å². The van der Waals surface area contributed by atoms with Gasteiger partial charge in [0.05, 0.1) is 38.6 Å². The lowest BCUT2D eigenvalue weighted by Crippen LogP contribution is -2.66. The molecule has 0 spiro atoms. The van der Waals surface area contributed by atoms with E-state index in [0.717, 1.165) is 25.7 Å². The van der Waals surface area contributed by atoms with Crippen LogP contribution in [0.2, 0.25) is 0 Å². The molecule has 3 saturated heterocycles. The molecular weight excluding hydrogens is 722 g/mol. The first-order chi connectivity index (χ1) is 25.8. The fraction of sp³-hybridized carbons (Fsp3) is 0.971. The van der Waals surface area contributed by atoms with Crippen LogP contribution in [0, 0.1) is 0 Å². The fourth-order valence-electron chi connectivity index (χ4n) is 6.80. The molecule has 0 aliphatic carbocycles. The molecule has 3 aliphatic rings. The molecule has 1 amide bonds. The molecule has 17 unspecified atom stereocenters. The van der Waals surface area contributed by atoms with E-state index < -0.39 is 124 Å². The first-order valence-corrected chi connectivity index (χ1v) is 19.3. The standard InChI is InChI=1S/C35H65NO18/c1-3-5-6-7-8-9-10-11-12-13-19(40)18(36-23(41)4-2)17-49-33-29(47)26(44)31(21(15-38)51-33)54-35-30(48)27(45)32(22(16-39)52-35)53-34-28(46)25(43)24(42)20(14-37)50-34/h18-22,24-35,37-40,42-48H,3-17H2,1-2H3,(H,36,41). The van der Waals surface area contributed by atoms with Gasteiger partial charge >= 0.3 is 0 Å². The highest BCUT2D eigenvalue weighted by Crippen LogP contribution is 2.32. The van der Waals surface area contributed by atoms with E-state index in [0.29, 0.717) is 6.42 Å². The van der Waals surface area contributed by atoms with Crippen molar-refractivity contribution in [3.05, 3.63) is 0 Å². The monoisotopic (exact) mass is 787 g/mol. The third kappa shape index (κ3) is 12.9. The van der Waals surface area contributed by atoms with E-state index in [2.05, 4.69) is 12.2 Å². The number of unbranched alkanes of at least 4 members (excludes halogenated alkanes) is 8. The second kappa shape index (κ2) is 23.9. The lowest BCUT2D eigenvalue weighted by atomic mass is 9.96. The van der Waals surface area contributed by atoms with Crippen molar-refractivity contribution in [2.45, 2.75) is 189 Å². The van der Waals surface area contributed by atoms with Crippen LogP contribution in [-0.4, -0.2) is 193 Å². The van der Waals surface area contributed by atoms with Crippen molar-refractivity contribution >= 4 is 5.91 Å². The van der Waals surface area contributed by atoms with Crippen molar-refractivity contribution in [1.82, 2.24) is 5.32 Å².